The summed E-state index contributed by atoms with van der Waals surface area (Å²) in [5.41, 5.74) is -0.373. The number of carboxylic acid groups (broad SMARTS) is 1. The number of carboxylic acids is 1. The average Bonchev–Trinajstić information content (AvgIpc) is 2.79. The molecule has 4 rings (SSSR count). The lowest BCUT2D eigenvalue weighted by Crippen LogP contribution is -2.54. The molecule has 0 radical (unpaired) electrons. The average molecular weight is 449 g/mol. The third-order valence-electron chi connectivity index (χ3n) is 5.81. The predicted octanol–water partition coefficient (Wildman–Crippen LogP) is 3.58. The first kappa shape index (κ1) is 21.6. The number of nitrogens with zero attached hydrogens (tertiary/aromatic N) is 2. The van der Waals surface area contributed by atoms with Crippen LogP contribution in [0.15, 0.2) is 23.1 Å². The van der Waals surface area contributed by atoms with Gasteiger partial charge in [-0.2, -0.15) is 0 Å². The molecule has 1 fully saturated rings. The first-order valence-electron chi connectivity index (χ1n) is 10.1. The Balaban J connectivity index is 1.81. The number of pyridine rings is 2. The van der Waals surface area contributed by atoms with E-state index in [1.54, 1.807) is 13.2 Å². The van der Waals surface area contributed by atoms with E-state index in [0.29, 0.717) is 49.1 Å². The normalized spacial score (nSPS) is 17.7. The van der Waals surface area contributed by atoms with Gasteiger partial charge in [0.25, 0.3) is 0 Å². The van der Waals surface area contributed by atoms with Gasteiger partial charge in [-0.15, -0.1) is 0 Å². The lowest BCUT2D eigenvalue weighted by atomic mass is 9.59. The van der Waals surface area contributed by atoms with Gasteiger partial charge in [0.15, 0.2) is 22.1 Å². The molecule has 0 amide bonds. The summed E-state index contributed by atoms with van der Waals surface area (Å²) in [6.07, 6.45) is 3.66. The highest BCUT2D eigenvalue weighted by molar-refractivity contribution is 6.31. The molecule has 166 valence electrons. The molecule has 1 spiro atoms. The predicted molar refractivity (Wildman–Crippen MR) is 114 cm³/mol. The van der Waals surface area contributed by atoms with Gasteiger partial charge in [-0.25, -0.2) is 9.78 Å². The van der Waals surface area contributed by atoms with Crippen LogP contribution in [0.5, 0.6) is 11.5 Å². The minimum Gasteiger partial charge on any atom is -0.490 e. The molecular formula is C22H25ClN2O6. The number of aromatic nitrogens is 2. The molecule has 1 aliphatic carbocycles. The molecule has 0 unspecified atom stereocenters. The molecule has 1 aliphatic heterocycles. The van der Waals surface area contributed by atoms with Crippen LogP contribution in [0.3, 0.4) is 0 Å². The Bertz CT molecular complexity index is 1090. The quantitative estimate of drug-likeness (QED) is 0.532. The lowest BCUT2D eigenvalue weighted by Gasteiger charge is -2.54. The molecule has 2 aromatic heterocycles. The topological polar surface area (TPSA) is 99.9 Å². The highest BCUT2D eigenvalue weighted by atomic mass is 35.5. The van der Waals surface area contributed by atoms with E-state index < -0.39 is 16.9 Å². The highest BCUT2D eigenvalue weighted by Crippen LogP contribution is 2.55. The fraction of sp³-hybridized carbons (Fsp3) is 0.500. The smallest absolute Gasteiger partial charge is 0.341 e. The molecule has 2 aliphatic rings. The van der Waals surface area contributed by atoms with Gasteiger partial charge in [0.05, 0.1) is 17.8 Å². The molecule has 1 N–H and O–H groups in total. The third kappa shape index (κ3) is 3.90. The Hall–Kier alpha value is -2.58. The summed E-state index contributed by atoms with van der Waals surface area (Å²) in [4.78, 5) is 28.6. The molecule has 2 aromatic rings. The maximum Gasteiger partial charge on any atom is 0.341 e. The van der Waals surface area contributed by atoms with E-state index in [9.17, 15) is 14.7 Å². The van der Waals surface area contributed by atoms with Crippen LogP contribution >= 0.6 is 11.6 Å². The summed E-state index contributed by atoms with van der Waals surface area (Å²) in [6, 6.07) is 2.99. The Labute approximate surface area is 184 Å². The van der Waals surface area contributed by atoms with Gasteiger partial charge in [0.1, 0.15) is 17.9 Å². The number of fused-ring (bicyclic) bond motifs is 4. The molecule has 3 heterocycles. The van der Waals surface area contributed by atoms with Crippen molar-refractivity contribution < 1.29 is 24.1 Å². The van der Waals surface area contributed by atoms with Crippen molar-refractivity contribution in [3.05, 3.63) is 39.3 Å². The van der Waals surface area contributed by atoms with Gasteiger partial charge >= 0.3 is 5.97 Å². The van der Waals surface area contributed by atoms with Crippen LogP contribution in [0, 0.1) is 5.41 Å². The zero-order valence-corrected chi connectivity index (χ0v) is 18.5. The monoisotopic (exact) mass is 448 g/mol. The van der Waals surface area contributed by atoms with Gasteiger partial charge in [-0.3, -0.25) is 4.79 Å². The minimum atomic E-state index is -1.26. The van der Waals surface area contributed by atoms with Gasteiger partial charge in [-0.1, -0.05) is 25.4 Å². The van der Waals surface area contributed by atoms with Gasteiger partial charge < -0.3 is 23.9 Å². The Morgan fingerprint density at radius 3 is 2.71 bits per heavy atom. The van der Waals surface area contributed by atoms with Crippen molar-refractivity contribution in [1.82, 2.24) is 9.55 Å². The van der Waals surface area contributed by atoms with E-state index in [1.165, 1.54) is 12.3 Å². The fourth-order valence-corrected chi connectivity index (χ4v) is 4.98. The second-order valence-corrected chi connectivity index (χ2v) is 9.32. The number of methoxy groups -OCH3 is 1. The summed E-state index contributed by atoms with van der Waals surface area (Å²) in [6.45, 7) is 5.59. The van der Waals surface area contributed by atoms with Crippen molar-refractivity contribution >= 4 is 17.6 Å². The summed E-state index contributed by atoms with van der Waals surface area (Å²) in [5, 5.41) is 9.64. The van der Waals surface area contributed by atoms with E-state index in [1.807, 2.05) is 4.57 Å². The number of aromatic carboxylic acids is 1. The molecule has 0 saturated heterocycles. The van der Waals surface area contributed by atoms with E-state index >= 15 is 0 Å². The first-order chi connectivity index (χ1) is 14.7. The minimum absolute atomic E-state index is 0.0738. The van der Waals surface area contributed by atoms with E-state index in [2.05, 4.69) is 18.8 Å². The Kier molecular flexibility index (Phi) is 5.47. The maximum atomic E-state index is 12.5. The first-order valence-corrected chi connectivity index (χ1v) is 10.5. The number of hydrogen-bond donors (Lipinski definition) is 1. The van der Waals surface area contributed by atoms with Gasteiger partial charge in [0, 0.05) is 38.5 Å². The van der Waals surface area contributed by atoms with Gasteiger partial charge in [0.2, 0.25) is 0 Å². The summed E-state index contributed by atoms with van der Waals surface area (Å²) in [7, 11) is 1.62. The molecule has 1 saturated carbocycles. The Morgan fingerprint density at radius 2 is 2.06 bits per heavy atom. The fourth-order valence-electron chi connectivity index (χ4n) is 4.79. The van der Waals surface area contributed by atoms with E-state index in [0.717, 1.165) is 12.8 Å². The van der Waals surface area contributed by atoms with Crippen LogP contribution in [0.4, 0.5) is 0 Å². The van der Waals surface area contributed by atoms with Crippen LogP contribution < -0.4 is 14.9 Å². The third-order valence-corrected chi connectivity index (χ3v) is 6.08. The molecule has 0 aromatic carbocycles. The number of carbonyl (C=O) groups is 1. The molecule has 8 nitrogen and oxygen atoms in total. The summed E-state index contributed by atoms with van der Waals surface area (Å²) >= 11 is 6.38. The zero-order chi connectivity index (χ0) is 22.4. The van der Waals surface area contributed by atoms with E-state index in [4.69, 9.17) is 25.8 Å². The molecule has 31 heavy (non-hydrogen) atoms. The van der Waals surface area contributed by atoms with Gasteiger partial charge in [-0.05, 0) is 18.3 Å². The molecule has 9 heteroatoms. The number of hydrogen-bond acceptors (Lipinski definition) is 6. The van der Waals surface area contributed by atoms with Crippen LogP contribution in [-0.4, -0.2) is 47.6 Å². The maximum absolute atomic E-state index is 12.5. The molecule has 0 bridgehead atoms. The van der Waals surface area contributed by atoms with Crippen molar-refractivity contribution in [3.63, 3.8) is 0 Å². The second kappa shape index (κ2) is 7.84. The molecule has 0 atom stereocenters. The van der Waals surface area contributed by atoms with Crippen molar-refractivity contribution in [2.75, 3.05) is 26.9 Å². The summed E-state index contributed by atoms with van der Waals surface area (Å²) < 4.78 is 18.8. The zero-order valence-electron chi connectivity index (χ0n) is 17.7. The van der Waals surface area contributed by atoms with Crippen LogP contribution in [0.2, 0.25) is 5.15 Å². The van der Waals surface area contributed by atoms with E-state index in [-0.39, 0.29) is 16.1 Å². The standard InChI is InChI=1S/C22H25ClN2O6/c1-21(2)10-22(11-21)12-31-16-8-17(30-6-4-5-29-3)19(23)24-18(16)14-7-15(26)13(20(27)28)9-25(14)22/h7-9H,4-6,10-12H2,1-3H3,(H,27,28). The number of ether oxygens (including phenoxy) is 3. The lowest BCUT2D eigenvalue weighted by molar-refractivity contribution is -0.0319. The van der Waals surface area contributed by atoms with Crippen molar-refractivity contribution in [1.29, 1.82) is 0 Å². The van der Waals surface area contributed by atoms with Crippen molar-refractivity contribution in [2.24, 2.45) is 5.41 Å². The number of rotatable bonds is 6. The second-order valence-electron chi connectivity index (χ2n) is 8.96. The van der Waals surface area contributed by atoms with Crippen molar-refractivity contribution in [2.45, 2.75) is 38.6 Å². The SMILES string of the molecule is COCCCOc1cc2c(nc1Cl)-c1cc(=O)c(C(=O)O)cn1C1(CO2)CC(C)(C)C1. The molecular weight excluding hydrogens is 424 g/mol. The Morgan fingerprint density at radius 1 is 1.32 bits per heavy atom. The van der Waals surface area contributed by atoms with Crippen molar-refractivity contribution in [3.8, 4) is 22.9 Å². The summed E-state index contributed by atoms with van der Waals surface area (Å²) in [5.74, 6) is -0.424. The number of halogens is 1. The largest absolute Gasteiger partial charge is 0.490 e. The van der Waals surface area contributed by atoms with Crippen LogP contribution in [0.25, 0.3) is 11.4 Å². The highest BCUT2D eigenvalue weighted by Gasteiger charge is 2.53. The van der Waals surface area contributed by atoms with Crippen LogP contribution in [0.1, 0.15) is 43.5 Å². The van der Waals surface area contributed by atoms with Crippen LogP contribution in [-0.2, 0) is 10.3 Å².